The number of aliphatic hydroxyl groups is 1. The smallest absolute Gasteiger partial charge is 0.223 e. The van der Waals surface area contributed by atoms with Crippen LogP contribution in [0.2, 0.25) is 0 Å². The zero-order chi connectivity index (χ0) is 13.1. The van der Waals surface area contributed by atoms with E-state index in [4.69, 9.17) is 5.73 Å². The monoisotopic (exact) mass is 266 g/mol. The van der Waals surface area contributed by atoms with E-state index in [-0.39, 0.29) is 18.6 Å². The van der Waals surface area contributed by atoms with Gasteiger partial charge in [0, 0.05) is 4.88 Å². The van der Waals surface area contributed by atoms with Crippen molar-refractivity contribution in [2.75, 3.05) is 17.7 Å². The molecule has 2 aromatic heterocycles. The summed E-state index contributed by atoms with van der Waals surface area (Å²) < 4.78 is 0. The van der Waals surface area contributed by atoms with Gasteiger partial charge >= 0.3 is 0 Å². The number of anilines is 2. The quantitative estimate of drug-likeness (QED) is 0.772. The van der Waals surface area contributed by atoms with Gasteiger partial charge in [0.05, 0.1) is 18.0 Å². The Morgan fingerprint density at radius 3 is 2.94 bits per heavy atom. The van der Waals surface area contributed by atoms with Crippen molar-refractivity contribution in [1.82, 2.24) is 9.97 Å². The largest absolute Gasteiger partial charge is 0.394 e. The van der Waals surface area contributed by atoms with Crippen molar-refractivity contribution in [1.29, 1.82) is 0 Å². The third-order valence-electron chi connectivity index (χ3n) is 2.73. The lowest BCUT2D eigenvalue weighted by Gasteiger charge is -2.16. The lowest BCUT2D eigenvalue weighted by Crippen LogP contribution is -2.24. The van der Waals surface area contributed by atoms with E-state index in [9.17, 15) is 5.11 Å². The molecular weight excluding hydrogens is 248 g/mol. The third kappa shape index (κ3) is 2.70. The number of fused-ring (bicyclic) bond motifs is 1. The zero-order valence-corrected chi connectivity index (χ0v) is 11.4. The molecule has 0 spiro atoms. The first-order valence-electron chi connectivity index (χ1n) is 6.05. The van der Waals surface area contributed by atoms with Crippen LogP contribution in [0, 0.1) is 6.92 Å². The molecule has 0 aliphatic carbocycles. The lowest BCUT2D eigenvalue weighted by atomic mass is 10.2. The van der Waals surface area contributed by atoms with Crippen LogP contribution in [0.15, 0.2) is 6.07 Å². The fraction of sp³-hybridized carbons (Fsp3) is 0.500. The molecule has 0 fully saturated rings. The van der Waals surface area contributed by atoms with E-state index in [1.54, 1.807) is 11.3 Å². The molecule has 6 heteroatoms. The van der Waals surface area contributed by atoms with Crippen LogP contribution in [-0.4, -0.2) is 27.7 Å². The molecule has 18 heavy (non-hydrogen) atoms. The lowest BCUT2D eigenvalue weighted by molar-refractivity contribution is 0.268. The second kappa shape index (κ2) is 5.49. The number of aryl methyl sites for hydroxylation is 1. The van der Waals surface area contributed by atoms with Gasteiger partial charge < -0.3 is 16.2 Å². The number of rotatable bonds is 5. The molecule has 4 N–H and O–H groups in total. The number of nitrogen functional groups attached to an aromatic ring is 1. The number of nitrogens with zero attached hydrogens (tertiary/aromatic N) is 2. The number of thiophene rings is 1. The second-order valence-electron chi connectivity index (χ2n) is 4.32. The molecule has 0 saturated carbocycles. The summed E-state index contributed by atoms with van der Waals surface area (Å²) >= 11 is 1.59. The average Bonchev–Trinajstić information content (AvgIpc) is 2.68. The van der Waals surface area contributed by atoms with Crippen LogP contribution < -0.4 is 11.1 Å². The van der Waals surface area contributed by atoms with Gasteiger partial charge in [-0.05, 0) is 19.4 Å². The summed E-state index contributed by atoms with van der Waals surface area (Å²) in [5.41, 5.74) is 5.71. The van der Waals surface area contributed by atoms with Gasteiger partial charge in [0.25, 0.3) is 0 Å². The van der Waals surface area contributed by atoms with Gasteiger partial charge in [-0.1, -0.05) is 13.3 Å². The number of aromatic nitrogens is 2. The summed E-state index contributed by atoms with van der Waals surface area (Å²) in [5.74, 6) is 0.981. The molecule has 2 aromatic rings. The van der Waals surface area contributed by atoms with Crippen LogP contribution >= 0.6 is 11.3 Å². The summed E-state index contributed by atoms with van der Waals surface area (Å²) in [6, 6.07) is 2.05. The number of aliphatic hydroxyl groups excluding tert-OH is 1. The zero-order valence-electron chi connectivity index (χ0n) is 10.6. The van der Waals surface area contributed by atoms with E-state index in [0.29, 0.717) is 5.82 Å². The van der Waals surface area contributed by atoms with Gasteiger partial charge in [-0.15, -0.1) is 11.3 Å². The number of nitrogens with one attached hydrogen (secondary N) is 1. The first-order valence-corrected chi connectivity index (χ1v) is 6.86. The average molecular weight is 266 g/mol. The summed E-state index contributed by atoms with van der Waals surface area (Å²) in [6.07, 6.45) is 1.90. The number of hydrogen-bond acceptors (Lipinski definition) is 6. The molecule has 2 rings (SSSR count). The van der Waals surface area contributed by atoms with Gasteiger partial charge in [-0.2, -0.15) is 4.98 Å². The van der Waals surface area contributed by atoms with E-state index in [2.05, 4.69) is 22.2 Å². The van der Waals surface area contributed by atoms with E-state index < -0.39 is 0 Å². The van der Waals surface area contributed by atoms with Crippen LogP contribution in [0.3, 0.4) is 0 Å². The van der Waals surface area contributed by atoms with Crippen molar-refractivity contribution in [3.63, 3.8) is 0 Å². The van der Waals surface area contributed by atoms with Crippen LogP contribution in [-0.2, 0) is 0 Å². The van der Waals surface area contributed by atoms with Gasteiger partial charge in [-0.3, -0.25) is 0 Å². The molecule has 0 bridgehead atoms. The minimum atomic E-state index is 0.00714. The van der Waals surface area contributed by atoms with Crippen LogP contribution in [0.5, 0.6) is 0 Å². The molecule has 0 saturated heterocycles. The number of hydrogen-bond donors (Lipinski definition) is 3. The normalized spacial score (nSPS) is 12.8. The van der Waals surface area contributed by atoms with E-state index in [0.717, 1.165) is 23.1 Å². The Labute approximate surface area is 110 Å². The third-order valence-corrected chi connectivity index (χ3v) is 3.68. The maximum atomic E-state index is 9.33. The highest BCUT2D eigenvalue weighted by molar-refractivity contribution is 7.18. The van der Waals surface area contributed by atoms with Crippen molar-refractivity contribution in [3.8, 4) is 0 Å². The summed E-state index contributed by atoms with van der Waals surface area (Å²) in [7, 11) is 0. The second-order valence-corrected chi connectivity index (χ2v) is 5.55. The molecule has 0 radical (unpaired) electrons. The maximum absolute atomic E-state index is 9.33. The molecule has 1 atom stereocenters. The van der Waals surface area contributed by atoms with E-state index >= 15 is 0 Å². The highest BCUT2D eigenvalue weighted by atomic mass is 32.1. The Balaban J connectivity index is 2.36. The molecule has 0 aliphatic heterocycles. The van der Waals surface area contributed by atoms with Crippen molar-refractivity contribution in [2.24, 2.45) is 0 Å². The van der Waals surface area contributed by atoms with Gasteiger partial charge in [0.2, 0.25) is 5.95 Å². The molecular formula is C12H18N4OS. The Morgan fingerprint density at radius 1 is 1.50 bits per heavy atom. The minimum absolute atomic E-state index is 0.00714. The first kappa shape index (κ1) is 13.0. The fourth-order valence-electron chi connectivity index (χ4n) is 1.92. The van der Waals surface area contributed by atoms with Crippen LogP contribution in [0.4, 0.5) is 11.8 Å². The maximum Gasteiger partial charge on any atom is 0.223 e. The van der Waals surface area contributed by atoms with Crippen molar-refractivity contribution >= 4 is 33.3 Å². The molecule has 0 aromatic carbocycles. The predicted octanol–water partition coefficient (Wildman–Crippen LogP) is 2.15. The Bertz CT molecular complexity index is 540. The van der Waals surface area contributed by atoms with Gasteiger partial charge in [0.1, 0.15) is 10.6 Å². The predicted molar refractivity (Wildman–Crippen MR) is 76.0 cm³/mol. The molecule has 98 valence electrons. The minimum Gasteiger partial charge on any atom is -0.394 e. The van der Waals surface area contributed by atoms with Crippen molar-refractivity contribution in [2.45, 2.75) is 32.7 Å². The molecule has 0 amide bonds. The standard InChI is InChI=1S/C12H18N4OS/c1-3-4-8(6-17)14-10-9-5-7(2)18-11(9)16-12(13)15-10/h5,8,17H,3-4,6H2,1-2H3,(H3,13,14,15,16). The number of nitrogens with two attached hydrogens (primary N) is 1. The van der Waals surface area contributed by atoms with Gasteiger partial charge in [0.15, 0.2) is 0 Å². The molecule has 0 aliphatic rings. The van der Waals surface area contributed by atoms with Crippen molar-refractivity contribution < 1.29 is 5.11 Å². The highest BCUT2D eigenvalue weighted by Gasteiger charge is 2.13. The Hall–Kier alpha value is -1.40. The Kier molecular flexibility index (Phi) is 3.98. The van der Waals surface area contributed by atoms with E-state index in [1.165, 1.54) is 4.88 Å². The summed E-state index contributed by atoms with van der Waals surface area (Å²) in [5, 5.41) is 13.6. The summed E-state index contributed by atoms with van der Waals surface area (Å²) in [4.78, 5) is 10.5. The Morgan fingerprint density at radius 2 is 2.28 bits per heavy atom. The highest BCUT2D eigenvalue weighted by Crippen LogP contribution is 2.29. The fourth-order valence-corrected chi connectivity index (χ4v) is 2.81. The van der Waals surface area contributed by atoms with Crippen molar-refractivity contribution in [3.05, 3.63) is 10.9 Å². The molecule has 1 unspecified atom stereocenters. The first-order chi connectivity index (χ1) is 8.63. The molecule has 2 heterocycles. The summed E-state index contributed by atoms with van der Waals surface area (Å²) in [6.45, 7) is 4.20. The van der Waals surface area contributed by atoms with Crippen LogP contribution in [0.1, 0.15) is 24.6 Å². The van der Waals surface area contributed by atoms with Gasteiger partial charge in [-0.25, -0.2) is 4.98 Å². The molecule has 5 nitrogen and oxygen atoms in total. The SMILES string of the molecule is CCCC(CO)Nc1nc(N)nc2sc(C)cc12. The topological polar surface area (TPSA) is 84.1 Å². The van der Waals surface area contributed by atoms with Crippen LogP contribution in [0.25, 0.3) is 10.2 Å². The van der Waals surface area contributed by atoms with E-state index in [1.807, 2.05) is 13.0 Å².